The Labute approximate surface area is 169 Å². The molecule has 1 fully saturated rings. The van der Waals surface area contributed by atoms with Crippen molar-refractivity contribution in [2.45, 2.75) is 19.4 Å². The maximum Gasteiger partial charge on any atom is 0.271 e. The van der Waals surface area contributed by atoms with Crippen LogP contribution < -0.4 is 4.74 Å². The monoisotopic (exact) mass is 412 g/mol. The summed E-state index contributed by atoms with van der Waals surface area (Å²) in [5.41, 5.74) is 1.02. The van der Waals surface area contributed by atoms with Gasteiger partial charge in [-0.05, 0) is 42.7 Å². The van der Waals surface area contributed by atoms with Gasteiger partial charge in [-0.15, -0.1) is 0 Å². The largest absolute Gasteiger partial charge is 0.490 e. The average Bonchev–Trinajstić information content (AvgIpc) is 3.04. The fourth-order valence-electron chi connectivity index (χ4n) is 3.39. The summed E-state index contributed by atoms with van der Waals surface area (Å²) in [6.45, 7) is 5.50. The Balaban J connectivity index is 1.98. The van der Waals surface area contributed by atoms with E-state index in [9.17, 15) is 23.3 Å². The molecule has 0 bridgehead atoms. The van der Waals surface area contributed by atoms with Crippen molar-refractivity contribution in [2.75, 3.05) is 18.1 Å². The first-order valence-electron chi connectivity index (χ1n) is 9.02. The number of rotatable bonds is 5. The van der Waals surface area contributed by atoms with E-state index in [1.54, 1.807) is 43.3 Å². The molecular weight excluding hydrogens is 392 g/mol. The van der Waals surface area contributed by atoms with E-state index < -0.39 is 27.7 Å². The van der Waals surface area contributed by atoms with Crippen LogP contribution >= 0.6 is 0 Å². The lowest BCUT2D eigenvalue weighted by atomic mass is 9.92. The number of benzene rings is 1. The van der Waals surface area contributed by atoms with Crippen LogP contribution in [0.5, 0.6) is 5.75 Å². The normalized spacial score (nSPS) is 22.7. The van der Waals surface area contributed by atoms with Gasteiger partial charge in [-0.1, -0.05) is 24.8 Å². The van der Waals surface area contributed by atoms with Crippen molar-refractivity contribution < 1.29 is 22.7 Å². The standard InChI is InChI=1S/C21H20N2O5S/c1-3-9-28-17-6-4-15(5-7-17)11-18-14(2)19(12-22)21(25)23(20(18)24)16-8-10-29(26,27)13-16/h3-7,11,16H,1,8-10,13H2,2H3/b18-11+/t16-/m1/s1. The van der Waals surface area contributed by atoms with Gasteiger partial charge in [0, 0.05) is 5.57 Å². The quantitative estimate of drug-likeness (QED) is 0.416. The highest BCUT2D eigenvalue weighted by atomic mass is 32.2. The number of sulfone groups is 1. The molecule has 1 saturated heterocycles. The van der Waals surface area contributed by atoms with Gasteiger partial charge in [-0.25, -0.2) is 8.42 Å². The predicted octanol–water partition coefficient (Wildman–Crippen LogP) is 2.03. The Bertz CT molecular complexity index is 1080. The summed E-state index contributed by atoms with van der Waals surface area (Å²) in [6, 6.07) is 8.08. The molecule has 2 aliphatic heterocycles. The van der Waals surface area contributed by atoms with Crippen LogP contribution in [0.4, 0.5) is 0 Å². The van der Waals surface area contributed by atoms with Crippen LogP contribution in [0.1, 0.15) is 18.9 Å². The number of amides is 2. The molecule has 8 heteroatoms. The van der Waals surface area contributed by atoms with Gasteiger partial charge in [-0.3, -0.25) is 14.5 Å². The molecule has 1 atom stereocenters. The fourth-order valence-corrected chi connectivity index (χ4v) is 5.09. The number of imide groups is 1. The summed E-state index contributed by atoms with van der Waals surface area (Å²) in [4.78, 5) is 26.7. The van der Waals surface area contributed by atoms with Crippen LogP contribution in [-0.2, 0) is 19.4 Å². The van der Waals surface area contributed by atoms with E-state index in [4.69, 9.17) is 4.74 Å². The second-order valence-corrected chi connectivity index (χ2v) is 9.10. The number of carbonyl (C=O) groups excluding carboxylic acids is 2. The van der Waals surface area contributed by atoms with Crippen molar-refractivity contribution in [3.8, 4) is 11.8 Å². The van der Waals surface area contributed by atoms with E-state index in [1.165, 1.54) is 0 Å². The lowest BCUT2D eigenvalue weighted by Gasteiger charge is -2.31. The van der Waals surface area contributed by atoms with E-state index in [0.29, 0.717) is 17.9 Å². The Morgan fingerprint density at radius 2 is 1.97 bits per heavy atom. The van der Waals surface area contributed by atoms with Crippen molar-refractivity contribution in [3.63, 3.8) is 0 Å². The van der Waals surface area contributed by atoms with Gasteiger partial charge in [0.15, 0.2) is 9.84 Å². The molecule has 0 aromatic heterocycles. The second-order valence-electron chi connectivity index (χ2n) is 6.88. The molecule has 0 aliphatic carbocycles. The molecule has 1 aromatic rings. The molecule has 29 heavy (non-hydrogen) atoms. The molecule has 1 aromatic carbocycles. The predicted molar refractivity (Wildman–Crippen MR) is 107 cm³/mol. The highest BCUT2D eigenvalue weighted by Gasteiger charge is 2.43. The Hall–Kier alpha value is -3.18. The van der Waals surface area contributed by atoms with Crippen molar-refractivity contribution in [3.05, 3.63) is 59.2 Å². The van der Waals surface area contributed by atoms with Crippen molar-refractivity contribution >= 4 is 27.7 Å². The summed E-state index contributed by atoms with van der Waals surface area (Å²) < 4.78 is 29.1. The Morgan fingerprint density at radius 3 is 2.52 bits per heavy atom. The molecule has 0 radical (unpaired) electrons. The zero-order chi connectivity index (χ0) is 21.2. The minimum absolute atomic E-state index is 0.0788. The molecule has 0 N–H and O–H groups in total. The Morgan fingerprint density at radius 1 is 1.28 bits per heavy atom. The van der Waals surface area contributed by atoms with Crippen molar-refractivity contribution in [2.24, 2.45) is 0 Å². The van der Waals surface area contributed by atoms with Gasteiger partial charge in [0.2, 0.25) is 0 Å². The zero-order valence-electron chi connectivity index (χ0n) is 15.9. The summed E-state index contributed by atoms with van der Waals surface area (Å²) in [6.07, 6.45) is 3.40. The number of hydrogen-bond acceptors (Lipinski definition) is 6. The number of carbonyl (C=O) groups is 2. The van der Waals surface area contributed by atoms with Gasteiger partial charge in [0.05, 0.1) is 17.5 Å². The topological polar surface area (TPSA) is 105 Å². The van der Waals surface area contributed by atoms with Crippen LogP contribution in [0.2, 0.25) is 0 Å². The molecule has 0 unspecified atom stereocenters. The van der Waals surface area contributed by atoms with E-state index in [1.807, 2.05) is 6.07 Å². The molecular formula is C21H20N2O5S. The van der Waals surface area contributed by atoms with Gasteiger partial charge in [-0.2, -0.15) is 5.26 Å². The van der Waals surface area contributed by atoms with Gasteiger partial charge < -0.3 is 4.74 Å². The molecule has 2 aliphatic rings. The first-order chi connectivity index (χ1) is 13.8. The third kappa shape index (κ3) is 4.15. The average molecular weight is 412 g/mol. The summed E-state index contributed by atoms with van der Waals surface area (Å²) in [7, 11) is -3.30. The SMILES string of the molecule is C=CCOc1ccc(/C=C2/C(=O)N([C@@H]3CCS(=O)(=O)C3)C(=O)C(C#N)=C2C)cc1. The zero-order valence-corrected chi connectivity index (χ0v) is 16.7. The third-order valence-electron chi connectivity index (χ3n) is 4.91. The summed E-state index contributed by atoms with van der Waals surface area (Å²) in [5, 5.41) is 9.45. The molecule has 7 nitrogen and oxygen atoms in total. The maximum absolute atomic E-state index is 13.1. The van der Waals surface area contributed by atoms with E-state index >= 15 is 0 Å². The summed E-state index contributed by atoms with van der Waals surface area (Å²) in [5.74, 6) is -1.03. The van der Waals surface area contributed by atoms with Crippen LogP contribution in [0.25, 0.3) is 6.08 Å². The van der Waals surface area contributed by atoms with Crippen LogP contribution in [0.15, 0.2) is 53.6 Å². The molecule has 3 rings (SSSR count). The van der Waals surface area contributed by atoms with Gasteiger partial charge in [0.25, 0.3) is 11.8 Å². The number of nitrogens with zero attached hydrogens (tertiary/aromatic N) is 2. The maximum atomic E-state index is 13.1. The molecule has 2 heterocycles. The minimum Gasteiger partial charge on any atom is -0.490 e. The highest BCUT2D eigenvalue weighted by Crippen LogP contribution is 2.31. The lowest BCUT2D eigenvalue weighted by molar-refractivity contribution is -0.142. The number of nitriles is 1. The first-order valence-corrected chi connectivity index (χ1v) is 10.8. The molecule has 0 spiro atoms. The highest BCUT2D eigenvalue weighted by molar-refractivity contribution is 7.91. The van der Waals surface area contributed by atoms with Crippen molar-refractivity contribution in [1.82, 2.24) is 4.90 Å². The molecule has 150 valence electrons. The number of ether oxygens (including phenoxy) is 1. The van der Waals surface area contributed by atoms with Crippen molar-refractivity contribution in [1.29, 1.82) is 5.26 Å². The fraction of sp³-hybridized carbons (Fsp3) is 0.286. The van der Waals surface area contributed by atoms with Crippen LogP contribution in [-0.4, -0.2) is 49.3 Å². The second kappa shape index (κ2) is 8.05. The van der Waals surface area contributed by atoms with Crippen LogP contribution in [0.3, 0.4) is 0 Å². The molecule has 2 amide bonds. The Kier molecular flexibility index (Phi) is 5.71. The molecule has 0 saturated carbocycles. The number of hydrogen-bond donors (Lipinski definition) is 0. The minimum atomic E-state index is -3.30. The van der Waals surface area contributed by atoms with E-state index in [0.717, 1.165) is 4.90 Å². The smallest absolute Gasteiger partial charge is 0.271 e. The van der Waals surface area contributed by atoms with Gasteiger partial charge >= 0.3 is 0 Å². The van der Waals surface area contributed by atoms with E-state index in [-0.39, 0.29) is 34.6 Å². The third-order valence-corrected chi connectivity index (χ3v) is 6.66. The summed E-state index contributed by atoms with van der Waals surface area (Å²) >= 11 is 0. The van der Waals surface area contributed by atoms with E-state index in [2.05, 4.69) is 6.58 Å². The lowest BCUT2D eigenvalue weighted by Crippen LogP contribution is -2.49. The van der Waals surface area contributed by atoms with Gasteiger partial charge in [0.1, 0.15) is 24.0 Å². The van der Waals surface area contributed by atoms with Crippen LogP contribution in [0, 0.1) is 11.3 Å². The first kappa shape index (κ1) is 20.6.